The highest BCUT2D eigenvalue weighted by molar-refractivity contribution is 5.95. The molecule has 0 aromatic heterocycles. The lowest BCUT2D eigenvalue weighted by atomic mass is 9.97. The maximum absolute atomic E-state index is 11.3. The molecular weight excluding hydrogens is 316 g/mol. The van der Waals surface area contributed by atoms with Gasteiger partial charge in [0, 0.05) is 0 Å². The minimum absolute atomic E-state index is 0.0689. The molecule has 23 heavy (non-hydrogen) atoms. The van der Waals surface area contributed by atoms with Crippen molar-refractivity contribution >= 4 is 23.9 Å². The van der Waals surface area contributed by atoms with Crippen molar-refractivity contribution in [3.63, 3.8) is 0 Å². The van der Waals surface area contributed by atoms with Crippen molar-refractivity contribution in [1.29, 1.82) is 0 Å². The van der Waals surface area contributed by atoms with Gasteiger partial charge < -0.3 is 19.4 Å². The number of nitrogens with two attached hydrogens (primary N) is 4. The predicted octanol–water partition coefficient (Wildman–Crippen LogP) is -2.16. The minimum atomic E-state index is -1.25. The quantitative estimate of drug-likeness (QED) is 0.191. The largest absolute Gasteiger partial charge is 0.373 e. The lowest BCUT2D eigenvalue weighted by Gasteiger charge is -2.12. The zero-order chi connectivity index (χ0) is 17.8. The zero-order valence-electron chi connectivity index (χ0n) is 12.3. The average molecular weight is 336 g/mol. The molecule has 0 unspecified atom stereocenters. The van der Waals surface area contributed by atoms with Crippen LogP contribution in [0.4, 0.5) is 0 Å². The fourth-order valence-electron chi connectivity index (χ4n) is 1.87. The van der Waals surface area contributed by atoms with E-state index in [-0.39, 0.29) is 12.8 Å². The summed E-state index contributed by atoms with van der Waals surface area (Å²) in [6, 6.07) is 0. The molecule has 8 N–H and O–H groups in total. The molecule has 0 fully saturated rings. The molecule has 0 aliphatic heterocycles. The van der Waals surface area contributed by atoms with E-state index >= 15 is 0 Å². The molecule has 0 amide bonds. The van der Waals surface area contributed by atoms with E-state index in [2.05, 4.69) is 19.4 Å². The number of carbonyl (C=O) groups excluding carboxylic acids is 4. The molecule has 0 aromatic rings. The van der Waals surface area contributed by atoms with E-state index in [0.29, 0.717) is 19.3 Å². The molecule has 0 aliphatic carbocycles. The van der Waals surface area contributed by atoms with Crippen LogP contribution in [0, 0.1) is 11.8 Å². The van der Waals surface area contributed by atoms with Gasteiger partial charge in [0.25, 0.3) is 0 Å². The van der Waals surface area contributed by atoms with E-state index in [9.17, 15) is 19.2 Å². The van der Waals surface area contributed by atoms with Gasteiger partial charge in [0.1, 0.15) is 0 Å². The summed E-state index contributed by atoms with van der Waals surface area (Å²) < 4.78 is 0. The van der Waals surface area contributed by atoms with Crippen molar-refractivity contribution in [3.05, 3.63) is 0 Å². The van der Waals surface area contributed by atoms with Crippen LogP contribution >= 0.6 is 0 Å². The summed E-state index contributed by atoms with van der Waals surface area (Å²) in [5.41, 5.74) is 0. The predicted molar refractivity (Wildman–Crippen MR) is 71.2 cm³/mol. The lowest BCUT2D eigenvalue weighted by molar-refractivity contribution is -0.164. The molecule has 0 spiro atoms. The third-order valence-corrected chi connectivity index (χ3v) is 3.09. The van der Waals surface area contributed by atoms with Crippen molar-refractivity contribution in [2.45, 2.75) is 32.1 Å². The third-order valence-electron chi connectivity index (χ3n) is 3.09. The van der Waals surface area contributed by atoms with Crippen molar-refractivity contribution in [1.82, 2.24) is 0 Å². The van der Waals surface area contributed by atoms with E-state index < -0.39 is 35.7 Å². The van der Waals surface area contributed by atoms with Crippen LogP contribution in [0.5, 0.6) is 0 Å². The Kier molecular flexibility index (Phi) is 10.2. The first kappa shape index (κ1) is 20.7. The Morgan fingerprint density at radius 2 is 0.826 bits per heavy atom. The molecule has 0 radical (unpaired) electrons. The minimum Gasteiger partial charge on any atom is -0.373 e. The summed E-state index contributed by atoms with van der Waals surface area (Å²) in [4.78, 5) is 61.1. The smallest absolute Gasteiger partial charge is 0.338 e. The highest BCUT2D eigenvalue weighted by atomic mass is 16.7. The summed E-state index contributed by atoms with van der Waals surface area (Å²) >= 11 is 0. The van der Waals surface area contributed by atoms with Gasteiger partial charge in [-0.25, -0.2) is 19.2 Å². The Hall–Kier alpha value is -2.28. The van der Waals surface area contributed by atoms with E-state index in [0.717, 1.165) is 0 Å². The third kappa shape index (κ3) is 7.01. The van der Waals surface area contributed by atoms with Crippen LogP contribution in [0.3, 0.4) is 0 Å². The van der Waals surface area contributed by atoms with Gasteiger partial charge in [-0.05, 0) is 12.8 Å². The number of carbonyl (C=O) groups is 4. The first-order valence-corrected chi connectivity index (χ1v) is 6.55. The van der Waals surface area contributed by atoms with Crippen molar-refractivity contribution in [3.8, 4) is 0 Å². The fraction of sp³-hybridized carbons (Fsp3) is 0.636. The van der Waals surface area contributed by atoms with Crippen LogP contribution in [-0.2, 0) is 38.5 Å². The Labute approximate surface area is 131 Å². The van der Waals surface area contributed by atoms with Gasteiger partial charge in [0.15, 0.2) is 11.8 Å². The maximum Gasteiger partial charge on any atom is 0.338 e. The van der Waals surface area contributed by atoms with E-state index in [1.165, 1.54) is 0 Å². The molecule has 0 aromatic carbocycles. The average Bonchev–Trinajstić information content (AvgIpc) is 2.58. The van der Waals surface area contributed by atoms with Crippen molar-refractivity contribution in [2.75, 3.05) is 0 Å². The van der Waals surface area contributed by atoms with E-state index in [1.807, 2.05) is 0 Å². The fourth-order valence-corrected chi connectivity index (χ4v) is 1.87. The summed E-state index contributed by atoms with van der Waals surface area (Å²) in [5.74, 6) is 12.4. The van der Waals surface area contributed by atoms with Gasteiger partial charge in [-0.3, -0.25) is 0 Å². The Morgan fingerprint density at radius 1 is 0.565 bits per heavy atom. The number of rotatable bonds is 10. The Bertz CT molecular complexity index is 360. The van der Waals surface area contributed by atoms with Gasteiger partial charge in [0.2, 0.25) is 0 Å². The van der Waals surface area contributed by atoms with Gasteiger partial charge in [0.05, 0.1) is 0 Å². The number of unbranched alkanes of at least 4 members (excludes halogenated alkanes) is 2. The highest BCUT2D eigenvalue weighted by Crippen LogP contribution is 2.17. The van der Waals surface area contributed by atoms with E-state index in [4.69, 9.17) is 23.6 Å². The molecule has 0 heterocycles. The van der Waals surface area contributed by atoms with Gasteiger partial charge in [-0.2, -0.15) is 23.6 Å². The summed E-state index contributed by atoms with van der Waals surface area (Å²) in [6.45, 7) is 0. The number of hydrogen-bond acceptors (Lipinski definition) is 12. The summed E-state index contributed by atoms with van der Waals surface area (Å²) in [5, 5.41) is 0. The molecule has 12 nitrogen and oxygen atoms in total. The first-order valence-electron chi connectivity index (χ1n) is 6.55. The summed E-state index contributed by atoms with van der Waals surface area (Å²) in [6.07, 6.45) is 1.34. The monoisotopic (exact) mass is 336 g/mol. The van der Waals surface area contributed by atoms with Gasteiger partial charge in [-0.15, -0.1) is 0 Å². The second-order valence-electron chi connectivity index (χ2n) is 4.49. The van der Waals surface area contributed by atoms with Crippen LogP contribution in [0.2, 0.25) is 0 Å². The molecule has 0 saturated heterocycles. The summed E-state index contributed by atoms with van der Waals surface area (Å²) in [7, 11) is 0. The Morgan fingerprint density at radius 3 is 1.04 bits per heavy atom. The van der Waals surface area contributed by atoms with Gasteiger partial charge >= 0.3 is 23.9 Å². The van der Waals surface area contributed by atoms with Crippen LogP contribution in [0.1, 0.15) is 32.1 Å². The standard InChI is InChI=1S/C11H20N4O8/c12-20-8(16)6(9(17)21-13)4-2-1-3-5-7(10(18)22-14)11(19)23-15/h6-7H,1-5,12-15H2. The molecule has 0 rings (SSSR count). The molecule has 0 aliphatic rings. The highest BCUT2D eigenvalue weighted by Gasteiger charge is 2.30. The Balaban J connectivity index is 4.31. The molecular formula is C11H20N4O8. The molecule has 0 bridgehead atoms. The molecule has 0 atom stereocenters. The second-order valence-corrected chi connectivity index (χ2v) is 4.49. The molecule has 132 valence electrons. The first-order chi connectivity index (χ1) is 10.9. The molecule has 12 heteroatoms. The van der Waals surface area contributed by atoms with Crippen LogP contribution in [-0.4, -0.2) is 23.9 Å². The van der Waals surface area contributed by atoms with Crippen LogP contribution in [0.15, 0.2) is 0 Å². The normalized spacial score (nSPS) is 10.3. The van der Waals surface area contributed by atoms with Gasteiger partial charge in [-0.1, -0.05) is 19.3 Å². The number of hydrogen-bond donors (Lipinski definition) is 4. The topological polar surface area (TPSA) is 209 Å². The molecule has 0 saturated carbocycles. The zero-order valence-corrected chi connectivity index (χ0v) is 12.3. The van der Waals surface area contributed by atoms with Crippen LogP contribution in [0.25, 0.3) is 0 Å². The van der Waals surface area contributed by atoms with E-state index in [1.54, 1.807) is 0 Å². The second kappa shape index (κ2) is 11.3. The van der Waals surface area contributed by atoms with Crippen molar-refractivity contribution in [2.24, 2.45) is 35.4 Å². The SMILES string of the molecule is NOC(=O)C(CCCCCC(C(=O)ON)C(=O)ON)C(=O)ON. The van der Waals surface area contributed by atoms with Crippen molar-refractivity contribution < 1.29 is 38.5 Å². The lowest BCUT2D eigenvalue weighted by Crippen LogP contribution is -2.31. The van der Waals surface area contributed by atoms with Crippen LogP contribution < -0.4 is 23.6 Å². The maximum atomic E-state index is 11.3.